The average Bonchev–Trinajstić information content (AvgIpc) is 3.29. The van der Waals surface area contributed by atoms with E-state index in [4.69, 9.17) is 4.74 Å². The van der Waals surface area contributed by atoms with Crippen LogP contribution in [0.25, 0.3) is 22.6 Å². The van der Waals surface area contributed by atoms with E-state index in [0.29, 0.717) is 18.8 Å². The Balaban J connectivity index is 1.70. The molecule has 0 spiro atoms. The van der Waals surface area contributed by atoms with Crippen LogP contribution in [0.3, 0.4) is 0 Å². The van der Waals surface area contributed by atoms with Crippen LogP contribution in [0.1, 0.15) is 18.4 Å². The second kappa shape index (κ2) is 9.64. The Morgan fingerprint density at radius 2 is 1.77 bits per heavy atom. The van der Waals surface area contributed by atoms with Crippen LogP contribution in [0.4, 0.5) is 0 Å². The SMILES string of the molecule is C=C/C=c1/cccc/c1=C(/O)Cc1c(OCCN2CCCC2)ccc2ccccc12. The smallest absolute Gasteiger partial charge is 0.123 e. The van der Waals surface area contributed by atoms with Crippen LogP contribution in [-0.4, -0.2) is 36.2 Å². The predicted molar refractivity (Wildman–Crippen MR) is 125 cm³/mol. The molecule has 0 atom stereocenters. The lowest BCUT2D eigenvalue weighted by molar-refractivity contribution is 0.236. The minimum absolute atomic E-state index is 0.337. The number of fused-ring (bicyclic) bond motifs is 1. The third-order valence-corrected chi connectivity index (χ3v) is 5.77. The quantitative estimate of drug-likeness (QED) is 0.647. The minimum Gasteiger partial charge on any atom is -0.511 e. The van der Waals surface area contributed by atoms with Gasteiger partial charge in [0, 0.05) is 23.7 Å². The highest BCUT2D eigenvalue weighted by molar-refractivity contribution is 5.88. The molecule has 30 heavy (non-hydrogen) atoms. The van der Waals surface area contributed by atoms with E-state index in [1.807, 2.05) is 48.5 Å². The van der Waals surface area contributed by atoms with Gasteiger partial charge >= 0.3 is 0 Å². The van der Waals surface area contributed by atoms with Gasteiger partial charge in [0.2, 0.25) is 0 Å². The van der Waals surface area contributed by atoms with Gasteiger partial charge in [0.25, 0.3) is 0 Å². The third-order valence-electron chi connectivity index (χ3n) is 5.77. The van der Waals surface area contributed by atoms with E-state index in [2.05, 4.69) is 29.7 Å². The summed E-state index contributed by atoms with van der Waals surface area (Å²) in [5.41, 5.74) is 1.03. The molecule has 0 saturated carbocycles. The van der Waals surface area contributed by atoms with Crippen molar-refractivity contribution in [2.75, 3.05) is 26.2 Å². The first-order valence-electron chi connectivity index (χ1n) is 10.7. The van der Waals surface area contributed by atoms with Gasteiger partial charge in [0.1, 0.15) is 18.1 Å². The maximum atomic E-state index is 11.1. The standard InChI is InChI=1S/C27H29NO2/c1-2-9-21-10-4-6-13-24(21)26(29)20-25-23-12-5-3-11-22(23)14-15-27(25)30-19-18-28-16-7-8-17-28/h2-6,9-15,29H,1,7-8,16-20H2/b21-9-,26-24-. The Bertz CT molecular complexity index is 1140. The number of rotatable bonds is 7. The Hall–Kier alpha value is -3.04. The fraction of sp³-hybridized carbons (Fsp3) is 0.259. The van der Waals surface area contributed by atoms with E-state index in [-0.39, 0.29) is 0 Å². The first-order valence-corrected chi connectivity index (χ1v) is 10.7. The zero-order chi connectivity index (χ0) is 20.8. The molecule has 0 radical (unpaired) electrons. The molecule has 1 saturated heterocycles. The van der Waals surface area contributed by atoms with Crippen molar-refractivity contribution in [3.05, 3.63) is 89.3 Å². The van der Waals surface area contributed by atoms with Gasteiger partial charge in [-0.25, -0.2) is 0 Å². The molecular weight excluding hydrogens is 370 g/mol. The van der Waals surface area contributed by atoms with Crippen molar-refractivity contribution in [2.45, 2.75) is 19.3 Å². The highest BCUT2D eigenvalue weighted by atomic mass is 16.5. The first-order chi connectivity index (χ1) is 14.8. The Morgan fingerprint density at radius 1 is 1.00 bits per heavy atom. The summed E-state index contributed by atoms with van der Waals surface area (Å²) in [6.45, 7) is 7.73. The van der Waals surface area contributed by atoms with E-state index in [0.717, 1.165) is 39.1 Å². The van der Waals surface area contributed by atoms with Gasteiger partial charge in [-0.1, -0.05) is 73.3 Å². The summed E-state index contributed by atoms with van der Waals surface area (Å²) in [5, 5.41) is 15.1. The lowest BCUT2D eigenvalue weighted by Gasteiger charge is -2.18. The largest absolute Gasteiger partial charge is 0.511 e. The zero-order valence-corrected chi connectivity index (χ0v) is 17.4. The van der Waals surface area contributed by atoms with Crippen LogP contribution >= 0.6 is 0 Å². The van der Waals surface area contributed by atoms with Crippen LogP contribution in [0.2, 0.25) is 0 Å². The van der Waals surface area contributed by atoms with Crippen molar-refractivity contribution in [3.63, 3.8) is 0 Å². The highest BCUT2D eigenvalue weighted by Gasteiger charge is 2.14. The lowest BCUT2D eigenvalue weighted by Crippen LogP contribution is -2.27. The molecule has 0 aliphatic carbocycles. The molecule has 1 N–H and O–H groups in total. The number of ether oxygens (including phenoxy) is 1. The summed E-state index contributed by atoms with van der Waals surface area (Å²) in [4.78, 5) is 2.45. The predicted octanol–water partition coefficient (Wildman–Crippen LogP) is 4.19. The fourth-order valence-electron chi connectivity index (χ4n) is 4.22. The fourth-order valence-corrected chi connectivity index (χ4v) is 4.22. The number of aliphatic hydroxyl groups excluding tert-OH is 1. The molecule has 0 unspecified atom stereocenters. The maximum Gasteiger partial charge on any atom is 0.123 e. The van der Waals surface area contributed by atoms with E-state index in [9.17, 15) is 5.11 Å². The van der Waals surface area contributed by atoms with Gasteiger partial charge in [-0.15, -0.1) is 0 Å². The Morgan fingerprint density at radius 3 is 2.60 bits per heavy atom. The molecule has 1 fully saturated rings. The molecule has 0 aromatic heterocycles. The molecule has 154 valence electrons. The molecule has 1 aliphatic heterocycles. The number of hydrogen-bond acceptors (Lipinski definition) is 3. The number of nitrogens with zero attached hydrogens (tertiary/aromatic N) is 1. The van der Waals surface area contributed by atoms with Gasteiger partial charge in [-0.05, 0) is 48.0 Å². The maximum absolute atomic E-state index is 11.1. The van der Waals surface area contributed by atoms with E-state index in [1.54, 1.807) is 6.08 Å². The summed E-state index contributed by atoms with van der Waals surface area (Å²) in [6.07, 6.45) is 6.65. The molecule has 4 rings (SSSR count). The lowest BCUT2D eigenvalue weighted by atomic mass is 9.99. The van der Waals surface area contributed by atoms with Gasteiger partial charge in [0.05, 0.1) is 0 Å². The summed E-state index contributed by atoms with van der Waals surface area (Å²) < 4.78 is 6.23. The number of likely N-dealkylation sites (tertiary alicyclic amines) is 1. The average molecular weight is 400 g/mol. The van der Waals surface area contributed by atoms with Crippen LogP contribution in [0.5, 0.6) is 5.75 Å². The molecule has 3 nitrogen and oxygen atoms in total. The second-order valence-electron chi connectivity index (χ2n) is 7.77. The van der Waals surface area contributed by atoms with Crippen LogP contribution in [0, 0.1) is 0 Å². The van der Waals surface area contributed by atoms with E-state index >= 15 is 0 Å². The summed E-state index contributed by atoms with van der Waals surface area (Å²) in [7, 11) is 0. The summed E-state index contributed by atoms with van der Waals surface area (Å²) in [5.74, 6) is 1.19. The molecular formula is C27H29NO2. The van der Waals surface area contributed by atoms with Gasteiger partial charge < -0.3 is 9.84 Å². The van der Waals surface area contributed by atoms with E-state index < -0.39 is 0 Å². The second-order valence-corrected chi connectivity index (χ2v) is 7.77. The summed E-state index contributed by atoms with van der Waals surface area (Å²) >= 11 is 0. The van der Waals surface area contributed by atoms with Crippen LogP contribution in [0.15, 0.2) is 73.3 Å². The van der Waals surface area contributed by atoms with Crippen LogP contribution in [-0.2, 0) is 6.42 Å². The summed E-state index contributed by atoms with van der Waals surface area (Å²) in [6, 6.07) is 20.3. The molecule has 3 aromatic carbocycles. The number of benzene rings is 3. The number of hydrogen-bond donors (Lipinski definition) is 1. The van der Waals surface area contributed by atoms with Gasteiger partial charge in [0.15, 0.2) is 0 Å². The molecule has 1 aliphatic rings. The van der Waals surface area contributed by atoms with E-state index in [1.165, 1.54) is 25.9 Å². The molecule has 1 heterocycles. The van der Waals surface area contributed by atoms with Crippen molar-refractivity contribution in [2.24, 2.45) is 0 Å². The van der Waals surface area contributed by atoms with Crippen molar-refractivity contribution >= 4 is 22.6 Å². The minimum atomic E-state index is 0.337. The molecule has 0 bridgehead atoms. The Kier molecular flexibility index (Phi) is 6.50. The van der Waals surface area contributed by atoms with Crippen molar-refractivity contribution in [3.8, 4) is 5.75 Å². The molecule has 3 aromatic rings. The normalized spacial score (nSPS) is 16.1. The Labute approximate surface area is 178 Å². The van der Waals surface area contributed by atoms with Gasteiger partial charge in [-0.3, -0.25) is 4.90 Å². The van der Waals surface area contributed by atoms with Crippen molar-refractivity contribution < 1.29 is 9.84 Å². The number of allylic oxidation sites excluding steroid dienone is 1. The number of aliphatic hydroxyl groups is 1. The zero-order valence-electron chi connectivity index (χ0n) is 17.4. The monoisotopic (exact) mass is 399 g/mol. The van der Waals surface area contributed by atoms with Crippen LogP contribution < -0.4 is 15.2 Å². The third kappa shape index (κ3) is 4.58. The van der Waals surface area contributed by atoms with Gasteiger partial charge in [-0.2, -0.15) is 0 Å². The molecule has 3 heteroatoms. The first kappa shape index (κ1) is 20.2. The molecule has 0 amide bonds. The van der Waals surface area contributed by atoms with Crippen molar-refractivity contribution in [1.29, 1.82) is 0 Å². The topological polar surface area (TPSA) is 32.7 Å². The van der Waals surface area contributed by atoms with Crippen molar-refractivity contribution in [1.82, 2.24) is 4.90 Å². The highest BCUT2D eigenvalue weighted by Crippen LogP contribution is 2.30.